The zero-order chi connectivity index (χ0) is 15.2. The zero-order valence-corrected chi connectivity index (χ0v) is 12.4. The molecule has 0 atom stereocenters. The highest BCUT2D eigenvalue weighted by Crippen LogP contribution is 2.07. The van der Waals surface area contributed by atoms with Gasteiger partial charge in [-0.25, -0.2) is 0 Å². The van der Waals surface area contributed by atoms with Crippen molar-refractivity contribution in [2.24, 2.45) is 0 Å². The van der Waals surface area contributed by atoms with Gasteiger partial charge < -0.3 is 14.6 Å². The molecule has 114 valence electrons. The first kappa shape index (κ1) is 15.2. The number of carbonyl (C=O) groups excluding carboxylic acids is 1. The summed E-state index contributed by atoms with van der Waals surface area (Å²) in [5.41, 5.74) is 1.26. The molecular weight excluding hydrogens is 274 g/mol. The van der Waals surface area contributed by atoms with Crippen molar-refractivity contribution < 1.29 is 14.1 Å². The summed E-state index contributed by atoms with van der Waals surface area (Å²) in [6.07, 6.45) is 2.71. The average Bonchev–Trinajstić information content (AvgIpc) is 3.04. The number of amides is 1. The molecule has 1 N–H and O–H groups in total. The number of nitrogens with one attached hydrogen (secondary N) is 1. The lowest BCUT2D eigenvalue weighted by molar-refractivity contribution is 0.0945. The van der Waals surface area contributed by atoms with Gasteiger partial charge in [-0.15, -0.1) is 0 Å². The standard InChI is InChI=1S/C13H19N5O3/c1-4-5-18-7-10(9(2)16-18)13(19)14-6-12-15-11(8-20-3)17-21-12/h7H,4-6,8H2,1-3H3,(H,14,19). The molecule has 0 aliphatic rings. The van der Waals surface area contributed by atoms with Gasteiger partial charge in [0, 0.05) is 19.9 Å². The largest absolute Gasteiger partial charge is 0.377 e. The van der Waals surface area contributed by atoms with E-state index < -0.39 is 0 Å². The van der Waals surface area contributed by atoms with Crippen LogP contribution < -0.4 is 5.32 Å². The van der Waals surface area contributed by atoms with E-state index in [-0.39, 0.29) is 19.1 Å². The minimum atomic E-state index is -0.207. The van der Waals surface area contributed by atoms with E-state index in [0.717, 1.165) is 13.0 Å². The molecule has 0 aromatic carbocycles. The Labute approximate surface area is 122 Å². The van der Waals surface area contributed by atoms with Crippen molar-refractivity contribution in [2.45, 2.75) is 40.0 Å². The first-order chi connectivity index (χ1) is 10.1. The van der Waals surface area contributed by atoms with Crippen molar-refractivity contribution in [3.63, 3.8) is 0 Å². The number of carbonyl (C=O) groups is 1. The van der Waals surface area contributed by atoms with Crippen molar-refractivity contribution in [2.75, 3.05) is 7.11 Å². The fourth-order valence-electron chi connectivity index (χ4n) is 1.89. The summed E-state index contributed by atoms with van der Waals surface area (Å²) in [5.74, 6) is 0.587. The highest BCUT2D eigenvalue weighted by Gasteiger charge is 2.14. The molecule has 0 radical (unpaired) electrons. The Morgan fingerprint density at radius 1 is 1.52 bits per heavy atom. The van der Waals surface area contributed by atoms with Crippen LogP contribution in [0.2, 0.25) is 0 Å². The molecule has 1 amide bonds. The van der Waals surface area contributed by atoms with Crippen molar-refractivity contribution in [3.8, 4) is 0 Å². The minimum absolute atomic E-state index is 0.175. The third-order valence-electron chi connectivity index (χ3n) is 2.83. The summed E-state index contributed by atoms with van der Waals surface area (Å²) < 4.78 is 11.7. The van der Waals surface area contributed by atoms with E-state index in [1.165, 1.54) is 0 Å². The van der Waals surface area contributed by atoms with E-state index in [0.29, 0.717) is 23.0 Å². The van der Waals surface area contributed by atoms with Gasteiger partial charge in [0.15, 0.2) is 5.82 Å². The summed E-state index contributed by atoms with van der Waals surface area (Å²) in [6.45, 7) is 5.11. The van der Waals surface area contributed by atoms with Crippen LogP contribution in [-0.2, 0) is 24.4 Å². The van der Waals surface area contributed by atoms with Gasteiger partial charge >= 0.3 is 0 Å². The van der Waals surface area contributed by atoms with Crippen LogP contribution in [0.3, 0.4) is 0 Å². The van der Waals surface area contributed by atoms with Crippen LogP contribution in [0, 0.1) is 6.92 Å². The molecule has 0 spiro atoms. The summed E-state index contributed by atoms with van der Waals surface area (Å²) in [7, 11) is 1.55. The molecule has 0 aliphatic carbocycles. The molecule has 0 saturated heterocycles. The Kier molecular flexibility index (Phi) is 5.04. The topological polar surface area (TPSA) is 95.1 Å². The van der Waals surface area contributed by atoms with Gasteiger partial charge in [0.05, 0.1) is 17.8 Å². The first-order valence-corrected chi connectivity index (χ1v) is 6.76. The Hall–Kier alpha value is -2.22. The SMILES string of the molecule is CCCn1cc(C(=O)NCc2nc(COC)no2)c(C)n1. The Balaban J connectivity index is 1.94. The van der Waals surface area contributed by atoms with E-state index in [2.05, 4.69) is 27.5 Å². The molecule has 0 unspecified atom stereocenters. The van der Waals surface area contributed by atoms with Crippen LogP contribution in [0.5, 0.6) is 0 Å². The molecule has 0 saturated carbocycles. The van der Waals surface area contributed by atoms with Crippen molar-refractivity contribution >= 4 is 5.91 Å². The van der Waals surface area contributed by atoms with Crippen LogP contribution in [0.25, 0.3) is 0 Å². The van der Waals surface area contributed by atoms with Gasteiger partial charge in [0.2, 0.25) is 5.89 Å². The lowest BCUT2D eigenvalue weighted by Crippen LogP contribution is -2.23. The molecule has 8 heteroatoms. The van der Waals surface area contributed by atoms with E-state index in [1.54, 1.807) is 18.0 Å². The molecule has 2 aromatic rings. The lowest BCUT2D eigenvalue weighted by atomic mass is 10.2. The van der Waals surface area contributed by atoms with Crippen molar-refractivity contribution in [3.05, 3.63) is 29.2 Å². The summed E-state index contributed by atoms with van der Waals surface area (Å²) in [5, 5.41) is 10.8. The predicted octanol–water partition coefficient (Wildman–Crippen LogP) is 1.06. The Morgan fingerprint density at radius 2 is 2.33 bits per heavy atom. The predicted molar refractivity (Wildman–Crippen MR) is 73.4 cm³/mol. The molecule has 2 heterocycles. The monoisotopic (exact) mass is 293 g/mol. The van der Waals surface area contributed by atoms with E-state index in [4.69, 9.17) is 9.26 Å². The van der Waals surface area contributed by atoms with Gasteiger partial charge in [-0.2, -0.15) is 10.1 Å². The smallest absolute Gasteiger partial charge is 0.255 e. The van der Waals surface area contributed by atoms with Gasteiger partial charge in [0.25, 0.3) is 5.91 Å². The number of aromatic nitrogens is 4. The molecule has 2 rings (SSSR count). The second-order valence-electron chi connectivity index (χ2n) is 4.61. The zero-order valence-electron chi connectivity index (χ0n) is 12.4. The highest BCUT2D eigenvalue weighted by molar-refractivity contribution is 5.94. The van der Waals surface area contributed by atoms with Gasteiger partial charge in [-0.1, -0.05) is 12.1 Å². The van der Waals surface area contributed by atoms with Crippen LogP contribution >= 0.6 is 0 Å². The first-order valence-electron chi connectivity index (χ1n) is 6.76. The van der Waals surface area contributed by atoms with E-state index in [9.17, 15) is 4.79 Å². The molecular formula is C13H19N5O3. The third kappa shape index (κ3) is 3.88. The molecule has 2 aromatic heterocycles. The summed E-state index contributed by atoms with van der Waals surface area (Å²) in [6, 6.07) is 0. The summed E-state index contributed by atoms with van der Waals surface area (Å²) in [4.78, 5) is 16.2. The van der Waals surface area contributed by atoms with E-state index >= 15 is 0 Å². The van der Waals surface area contributed by atoms with Crippen LogP contribution in [-0.4, -0.2) is 32.9 Å². The maximum atomic E-state index is 12.1. The molecule has 0 aliphatic heterocycles. The average molecular weight is 293 g/mol. The third-order valence-corrected chi connectivity index (χ3v) is 2.83. The van der Waals surface area contributed by atoms with Crippen LogP contribution in [0.15, 0.2) is 10.7 Å². The maximum absolute atomic E-state index is 12.1. The lowest BCUT2D eigenvalue weighted by Gasteiger charge is -2.00. The van der Waals surface area contributed by atoms with Gasteiger partial charge in [0.1, 0.15) is 6.61 Å². The normalized spacial score (nSPS) is 10.8. The van der Waals surface area contributed by atoms with Crippen molar-refractivity contribution in [1.29, 1.82) is 0 Å². The fraction of sp³-hybridized carbons (Fsp3) is 0.538. The molecule has 0 bridgehead atoms. The number of aryl methyl sites for hydroxylation is 2. The number of ether oxygens (including phenoxy) is 1. The second kappa shape index (κ2) is 6.98. The maximum Gasteiger partial charge on any atom is 0.255 e. The summed E-state index contributed by atoms with van der Waals surface area (Å²) >= 11 is 0. The van der Waals surface area contributed by atoms with Crippen LogP contribution in [0.4, 0.5) is 0 Å². The number of nitrogens with zero attached hydrogens (tertiary/aromatic N) is 4. The minimum Gasteiger partial charge on any atom is -0.377 e. The van der Waals surface area contributed by atoms with Gasteiger partial charge in [-0.3, -0.25) is 9.48 Å². The number of methoxy groups -OCH3 is 1. The van der Waals surface area contributed by atoms with Gasteiger partial charge in [-0.05, 0) is 13.3 Å². The number of hydrogen-bond donors (Lipinski definition) is 1. The number of hydrogen-bond acceptors (Lipinski definition) is 6. The van der Waals surface area contributed by atoms with E-state index in [1.807, 2.05) is 6.92 Å². The molecule has 21 heavy (non-hydrogen) atoms. The fourth-order valence-corrected chi connectivity index (χ4v) is 1.89. The Morgan fingerprint density at radius 3 is 3.05 bits per heavy atom. The second-order valence-corrected chi connectivity index (χ2v) is 4.61. The highest BCUT2D eigenvalue weighted by atomic mass is 16.5. The molecule has 0 fully saturated rings. The van der Waals surface area contributed by atoms with Crippen LogP contribution in [0.1, 0.15) is 41.1 Å². The Bertz CT molecular complexity index is 605. The number of rotatable bonds is 7. The molecule has 8 nitrogen and oxygen atoms in total. The quantitative estimate of drug-likeness (QED) is 0.820. The van der Waals surface area contributed by atoms with Crippen molar-refractivity contribution in [1.82, 2.24) is 25.2 Å².